The van der Waals surface area contributed by atoms with Crippen LogP contribution >= 0.6 is 12.4 Å². The Morgan fingerprint density at radius 3 is 2.53 bits per heavy atom. The smallest absolute Gasteiger partial charge is 0.351 e. The summed E-state index contributed by atoms with van der Waals surface area (Å²) < 4.78 is 15.3. The molecule has 0 bridgehead atoms. The first kappa shape index (κ1) is 21.7. The zero-order valence-electron chi connectivity index (χ0n) is 16.4. The molecule has 158 valence electrons. The van der Waals surface area contributed by atoms with Crippen LogP contribution in [-0.2, 0) is 6.54 Å². The highest BCUT2D eigenvalue weighted by Gasteiger charge is 2.13. The van der Waals surface area contributed by atoms with E-state index in [1.54, 1.807) is 6.07 Å². The van der Waals surface area contributed by atoms with Crippen molar-refractivity contribution >= 4 is 18.1 Å². The Kier molecular flexibility index (Phi) is 7.02. The van der Waals surface area contributed by atoms with Gasteiger partial charge in [0.05, 0.1) is 18.6 Å². The molecule has 0 atom stereocenters. The van der Waals surface area contributed by atoms with E-state index in [0.717, 1.165) is 29.0 Å². The van der Waals surface area contributed by atoms with Crippen molar-refractivity contribution in [1.82, 2.24) is 19.3 Å². The van der Waals surface area contributed by atoms with Gasteiger partial charge in [0.15, 0.2) is 0 Å². The van der Waals surface area contributed by atoms with Crippen LogP contribution in [0.2, 0.25) is 0 Å². The second kappa shape index (κ2) is 9.69. The maximum atomic E-state index is 12.8. The maximum Gasteiger partial charge on any atom is 0.351 e. The van der Waals surface area contributed by atoms with Gasteiger partial charge >= 0.3 is 5.69 Å². The molecule has 3 aromatic rings. The van der Waals surface area contributed by atoms with Crippen LogP contribution in [0.5, 0.6) is 0 Å². The van der Waals surface area contributed by atoms with E-state index in [0.29, 0.717) is 12.1 Å². The number of nitrogens with two attached hydrogens (primary N) is 1. The quantitative estimate of drug-likeness (QED) is 0.650. The monoisotopic (exact) mass is 430 g/mol. The fourth-order valence-corrected chi connectivity index (χ4v) is 3.48. The summed E-state index contributed by atoms with van der Waals surface area (Å²) in [4.78, 5) is 19.6. The normalized spacial score (nSPS) is 14.1. The number of halogens is 2. The molecule has 1 saturated heterocycles. The first-order valence-corrected chi connectivity index (χ1v) is 9.65. The van der Waals surface area contributed by atoms with E-state index in [4.69, 9.17) is 5.73 Å². The minimum Gasteiger partial charge on any atom is -0.372 e. The summed E-state index contributed by atoms with van der Waals surface area (Å²) in [5.41, 5.74) is 8.31. The molecule has 1 fully saturated rings. The van der Waals surface area contributed by atoms with Crippen molar-refractivity contribution in [3.63, 3.8) is 0 Å². The summed E-state index contributed by atoms with van der Waals surface area (Å²) in [6.07, 6.45) is 4.27. The van der Waals surface area contributed by atoms with Crippen molar-refractivity contribution in [3.05, 3.63) is 71.2 Å². The number of anilines is 1. The van der Waals surface area contributed by atoms with Crippen LogP contribution < -0.4 is 16.3 Å². The molecule has 1 aliphatic rings. The molecule has 0 unspecified atom stereocenters. The SMILES string of the molecule is Cl.NC/C(=C\F)Cn1ncn(-c2cccc(-c3ccc(N4CCCC4)cc3)n2)c1=O. The highest BCUT2D eigenvalue weighted by atomic mass is 35.5. The van der Waals surface area contributed by atoms with Crippen LogP contribution in [0.25, 0.3) is 17.1 Å². The van der Waals surface area contributed by atoms with Crippen LogP contribution in [0.3, 0.4) is 0 Å². The van der Waals surface area contributed by atoms with Crippen molar-refractivity contribution in [1.29, 1.82) is 0 Å². The maximum absolute atomic E-state index is 12.8. The van der Waals surface area contributed by atoms with Gasteiger partial charge < -0.3 is 10.6 Å². The van der Waals surface area contributed by atoms with Crippen molar-refractivity contribution in [2.45, 2.75) is 19.4 Å². The highest BCUT2D eigenvalue weighted by molar-refractivity contribution is 5.85. The second-order valence-electron chi connectivity index (χ2n) is 7.03. The van der Waals surface area contributed by atoms with Gasteiger partial charge in [-0.3, -0.25) is 0 Å². The summed E-state index contributed by atoms with van der Waals surface area (Å²) >= 11 is 0. The van der Waals surface area contributed by atoms with Crippen LogP contribution in [0.15, 0.2) is 65.5 Å². The molecule has 4 rings (SSSR count). The predicted octanol–water partition coefficient (Wildman–Crippen LogP) is 2.93. The largest absolute Gasteiger partial charge is 0.372 e. The molecular weight excluding hydrogens is 407 g/mol. The molecule has 30 heavy (non-hydrogen) atoms. The summed E-state index contributed by atoms with van der Waals surface area (Å²) in [6, 6.07) is 13.8. The lowest BCUT2D eigenvalue weighted by Gasteiger charge is -2.17. The first-order valence-electron chi connectivity index (χ1n) is 9.65. The van der Waals surface area contributed by atoms with E-state index >= 15 is 0 Å². The summed E-state index contributed by atoms with van der Waals surface area (Å²) in [5, 5.41) is 4.04. The molecule has 7 nitrogen and oxygen atoms in total. The average molecular weight is 431 g/mol. The standard InChI is InChI=1S/C21H23FN6O.ClH/c22-12-16(13-23)14-28-21(29)27(15-24-28)20-5-3-4-19(25-20)17-6-8-18(9-7-17)26-10-1-2-11-26;/h3-9,12,15H,1-2,10-11,13-14,23H2;1H/b16-12+;. The number of aromatic nitrogens is 4. The average Bonchev–Trinajstić information content (AvgIpc) is 3.43. The lowest BCUT2D eigenvalue weighted by atomic mass is 10.1. The molecule has 2 N–H and O–H groups in total. The van der Waals surface area contributed by atoms with Gasteiger partial charge in [-0.2, -0.15) is 5.10 Å². The molecule has 3 heterocycles. The molecule has 0 amide bonds. The number of rotatable bonds is 6. The number of benzene rings is 1. The Bertz CT molecular complexity index is 1070. The third-order valence-electron chi connectivity index (χ3n) is 5.12. The van der Waals surface area contributed by atoms with Gasteiger partial charge in [0.2, 0.25) is 0 Å². The molecular formula is C21H24ClFN6O. The number of nitrogens with zero attached hydrogens (tertiary/aromatic N) is 5. The molecule has 9 heteroatoms. The van der Waals surface area contributed by atoms with Crippen molar-refractivity contribution in [2.24, 2.45) is 5.73 Å². The van der Waals surface area contributed by atoms with Gasteiger partial charge in [-0.1, -0.05) is 18.2 Å². The fraction of sp³-hybridized carbons (Fsp3) is 0.286. The van der Waals surface area contributed by atoms with E-state index in [-0.39, 0.29) is 31.1 Å². The molecule has 2 aromatic heterocycles. The van der Waals surface area contributed by atoms with E-state index in [1.165, 1.54) is 29.4 Å². The molecule has 0 saturated carbocycles. The van der Waals surface area contributed by atoms with Crippen LogP contribution in [0.1, 0.15) is 12.8 Å². The van der Waals surface area contributed by atoms with Gasteiger partial charge in [0, 0.05) is 30.9 Å². The van der Waals surface area contributed by atoms with E-state index in [2.05, 4.69) is 27.1 Å². The van der Waals surface area contributed by atoms with E-state index in [9.17, 15) is 9.18 Å². The lowest BCUT2D eigenvalue weighted by molar-refractivity contribution is 0.612. The Morgan fingerprint density at radius 2 is 1.87 bits per heavy atom. The van der Waals surface area contributed by atoms with Gasteiger partial charge in [0.25, 0.3) is 0 Å². The zero-order chi connectivity index (χ0) is 20.2. The molecule has 0 aliphatic carbocycles. The fourth-order valence-electron chi connectivity index (χ4n) is 3.48. The zero-order valence-corrected chi connectivity index (χ0v) is 17.3. The van der Waals surface area contributed by atoms with Crippen LogP contribution in [-0.4, -0.2) is 39.0 Å². The van der Waals surface area contributed by atoms with Crippen LogP contribution in [0.4, 0.5) is 10.1 Å². The Labute approximate surface area is 180 Å². The first-order chi connectivity index (χ1) is 14.2. The lowest BCUT2D eigenvalue weighted by Crippen LogP contribution is -2.26. The topological polar surface area (TPSA) is 82.0 Å². The van der Waals surface area contributed by atoms with Crippen LogP contribution in [0, 0.1) is 0 Å². The Balaban J connectivity index is 0.00000256. The molecule has 1 aliphatic heterocycles. The van der Waals surface area contributed by atoms with Gasteiger partial charge in [0.1, 0.15) is 12.1 Å². The summed E-state index contributed by atoms with van der Waals surface area (Å²) in [7, 11) is 0. The Morgan fingerprint density at radius 1 is 1.13 bits per heavy atom. The van der Waals surface area contributed by atoms with Gasteiger partial charge in [-0.25, -0.2) is 23.4 Å². The third kappa shape index (κ3) is 4.44. The van der Waals surface area contributed by atoms with Crippen molar-refractivity contribution in [3.8, 4) is 17.1 Å². The Hall–Kier alpha value is -2.97. The molecule has 0 spiro atoms. The summed E-state index contributed by atoms with van der Waals surface area (Å²) in [5.74, 6) is 0.459. The van der Waals surface area contributed by atoms with Crippen molar-refractivity contribution in [2.75, 3.05) is 24.5 Å². The van der Waals surface area contributed by atoms with E-state index in [1.807, 2.05) is 24.3 Å². The van der Waals surface area contributed by atoms with Gasteiger partial charge in [-0.15, -0.1) is 12.4 Å². The summed E-state index contributed by atoms with van der Waals surface area (Å²) in [6.45, 7) is 2.24. The van der Waals surface area contributed by atoms with E-state index < -0.39 is 5.69 Å². The number of hydrogen-bond donors (Lipinski definition) is 1. The molecule has 1 aromatic carbocycles. The van der Waals surface area contributed by atoms with Crippen molar-refractivity contribution < 1.29 is 4.39 Å². The third-order valence-corrected chi connectivity index (χ3v) is 5.12. The van der Waals surface area contributed by atoms with Gasteiger partial charge in [-0.05, 0) is 42.7 Å². The predicted molar refractivity (Wildman–Crippen MR) is 118 cm³/mol. The molecule has 0 radical (unpaired) electrons. The minimum absolute atomic E-state index is 0. The highest BCUT2D eigenvalue weighted by Crippen LogP contribution is 2.24. The minimum atomic E-state index is -0.396. The second-order valence-corrected chi connectivity index (χ2v) is 7.03. The number of pyridine rings is 1. The number of hydrogen-bond acceptors (Lipinski definition) is 5.